The Labute approximate surface area is 100 Å². The minimum Gasteiger partial charge on any atom is -0.463 e. The van der Waals surface area contributed by atoms with Gasteiger partial charge in [-0.15, -0.1) is 11.8 Å². The van der Waals surface area contributed by atoms with Gasteiger partial charge in [0.15, 0.2) is 0 Å². The summed E-state index contributed by atoms with van der Waals surface area (Å²) in [5.74, 6) is 0.921. The number of hydrogen-bond donors (Lipinski definition) is 1. The van der Waals surface area contributed by atoms with E-state index in [9.17, 15) is 4.79 Å². The summed E-state index contributed by atoms with van der Waals surface area (Å²) in [6.45, 7) is 5.37. The van der Waals surface area contributed by atoms with Gasteiger partial charge in [0, 0.05) is 17.2 Å². The van der Waals surface area contributed by atoms with Crippen LogP contribution in [0, 0.1) is 0 Å². The number of thioether (sulfide) groups is 1. The van der Waals surface area contributed by atoms with Crippen LogP contribution < -0.4 is 5.32 Å². The lowest BCUT2D eigenvalue weighted by atomic mass is 9.96. The molecule has 1 aliphatic heterocycles. The fraction of sp³-hybridized carbons (Fsp3) is 0.583. The highest BCUT2D eigenvalue weighted by Crippen LogP contribution is 2.38. The van der Waals surface area contributed by atoms with Crippen LogP contribution >= 0.6 is 11.8 Å². The van der Waals surface area contributed by atoms with Gasteiger partial charge < -0.3 is 10.1 Å². The first kappa shape index (κ1) is 11.6. The number of hydrogen-bond acceptors (Lipinski definition) is 4. The van der Waals surface area contributed by atoms with Crippen molar-refractivity contribution in [1.29, 1.82) is 0 Å². The van der Waals surface area contributed by atoms with Crippen LogP contribution in [0.25, 0.3) is 0 Å². The van der Waals surface area contributed by atoms with Crippen molar-refractivity contribution in [1.82, 2.24) is 5.32 Å². The van der Waals surface area contributed by atoms with Crippen molar-refractivity contribution in [2.45, 2.75) is 26.7 Å². The average Bonchev–Trinajstić information content (AvgIpc) is 2.30. The minimum absolute atomic E-state index is 0.155. The lowest BCUT2D eigenvalue weighted by Gasteiger charge is -2.28. The van der Waals surface area contributed by atoms with Gasteiger partial charge in [-0.25, -0.2) is 4.79 Å². The van der Waals surface area contributed by atoms with Gasteiger partial charge in [0.05, 0.1) is 17.9 Å². The summed E-state index contributed by atoms with van der Waals surface area (Å²) in [5.41, 5.74) is 3.24. The molecule has 2 aliphatic rings. The highest BCUT2D eigenvalue weighted by molar-refractivity contribution is 8.03. The Balaban J connectivity index is 2.31. The molecule has 0 saturated carbocycles. The largest absolute Gasteiger partial charge is 0.463 e. The summed E-state index contributed by atoms with van der Waals surface area (Å²) in [7, 11) is 0. The second-order valence-corrected chi connectivity index (χ2v) is 5.06. The molecule has 0 radical (unpaired) electrons. The summed E-state index contributed by atoms with van der Waals surface area (Å²) in [4.78, 5) is 13.1. The number of rotatable bonds is 2. The molecule has 1 fully saturated rings. The molecule has 4 heteroatoms. The van der Waals surface area contributed by atoms with Crippen molar-refractivity contribution in [3.8, 4) is 0 Å². The second kappa shape index (κ2) is 4.95. The van der Waals surface area contributed by atoms with E-state index in [0.717, 1.165) is 36.4 Å². The molecule has 0 unspecified atom stereocenters. The van der Waals surface area contributed by atoms with Gasteiger partial charge in [-0.3, -0.25) is 0 Å². The van der Waals surface area contributed by atoms with Gasteiger partial charge in [-0.1, -0.05) is 5.57 Å². The van der Waals surface area contributed by atoms with E-state index in [4.69, 9.17) is 4.74 Å². The molecule has 1 N–H and O–H groups in total. The van der Waals surface area contributed by atoms with Gasteiger partial charge in [-0.2, -0.15) is 0 Å². The maximum absolute atomic E-state index is 11.8. The Hall–Kier alpha value is -0.900. The normalized spacial score (nSPS) is 20.4. The number of allylic oxidation sites excluding steroid dienone is 1. The first-order valence-electron chi connectivity index (χ1n) is 5.71. The Bertz CT molecular complexity index is 371. The number of nitrogens with one attached hydrogen (secondary N) is 1. The molecule has 3 nitrogen and oxygen atoms in total. The third-order valence-electron chi connectivity index (χ3n) is 2.84. The molecule has 2 rings (SSSR count). The maximum Gasteiger partial charge on any atom is 0.336 e. The van der Waals surface area contributed by atoms with Crippen molar-refractivity contribution in [3.63, 3.8) is 0 Å². The predicted molar refractivity (Wildman–Crippen MR) is 66.1 cm³/mol. The van der Waals surface area contributed by atoms with Crippen LogP contribution in [0.1, 0.15) is 26.7 Å². The molecule has 0 aromatic carbocycles. The molecule has 0 aromatic heterocycles. The highest BCUT2D eigenvalue weighted by atomic mass is 32.2. The van der Waals surface area contributed by atoms with Crippen LogP contribution in [0.4, 0.5) is 0 Å². The first-order chi connectivity index (χ1) is 7.74. The Morgan fingerprint density at radius 1 is 1.50 bits per heavy atom. The molecular weight excluding hydrogens is 222 g/mol. The van der Waals surface area contributed by atoms with E-state index in [1.54, 1.807) is 0 Å². The third kappa shape index (κ3) is 2.12. The summed E-state index contributed by atoms with van der Waals surface area (Å²) >= 11 is 1.85. The van der Waals surface area contributed by atoms with Crippen LogP contribution in [0.15, 0.2) is 21.7 Å². The van der Waals surface area contributed by atoms with Gasteiger partial charge in [0.1, 0.15) is 0 Å². The monoisotopic (exact) mass is 239 g/mol. The van der Waals surface area contributed by atoms with Crippen LogP contribution in [0.5, 0.6) is 0 Å². The molecular formula is C12H17NO2S. The lowest BCUT2D eigenvalue weighted by molar-refractivity contribution is -0.138. The summed E-state index contributed by atoms with van der Waals surface area (Å²) < 4.78 is 5.10. The van der Waals surface area contributed by atoms with E-state index in [1.165, 1.54) is 10.5 Å². The third-order valence-corrected chi connectivity index (χ3v) is 4.09. The average molecular weight is 239 g/mol. The number of fused-ring (bicyclic) bond motifs is 1. The molecule has 1 saturated heterocycles. The van der Waals surface area contributed by atoms with Gasteiger partial charge >= 0.3 is 5.97 Å². The number of carbonyl (C=O) groups is 1. The highest BCUT2D eigenvalue weighted by Gasteiger charge is 2.27. The van der Waals surface area contributed by atoms with E-state index in [2.05, 4.69) is 12.2 Å². The van der Waals surface area contributed by atoms with Crippen molar-refractivity contribution < 1.29 is 9.53 Å². The maximum atomic E-state index is 11.8. The van der Waals surface area contributed by atoms with Crippen LogP contribution in [-0.2, 0) is 9.53 Å². The van der Waals surface area contributed by atoms with Gasteiger partial charge in [0.2, 0.25) is 0 Å². The standard InChI is InChI=1S/C12H17NO2S/c1-3-15-12(14)9-5-4-8(2)11-10(9)13-6-7-16-11/h13H,3-7H2,1-2H3. The number of esters is 1. The topological polar surface area (TPSA) is 38.3 Å². The molecule has 16 heavy (non-hydrogen) atoms. The number of carbonyl (C=O) groups excluding carboxylic acids is 1. The van der Waals surface area contributed by atoms with E-state index >= 15 is 0 Å². The predicted octanol–water partition coefficient (Wildman–Crippen LogP) is 2.21. The zero-order valence-electron chi connectivity index (χ0n) is 9.76. The van der Waals surface area contributed by atoms with Crippen LogP contribution in [0.3, 0.4) is 0 Å². The second-order valence-electron chi connectivity index (χ2n) is 3.96. The molecule has 88 valence electrons. The van der Waals surface area contributed by atoms with Gasteiger partial charge in [-0.05, 0) is 26.7 Å². The molecule has 0 bridgehead atoms. The molecule has 1 aliphatic carbocycles. The smallest absolute Gasteiger partial charge is 0.336 e. The molecule has 0 atom stereocenters. The van der Waals surface area contributed by atoms with E-state index < -0.39 is 0 Å². The lowest BCUT2D eigenvalue weighted by Crippen LogP contribution is -2.29. The van der Waals surface area contributed by atoms with Gasteiger partial charge in [0.25, 0.3) is 0 Å². The Morgan fingerprint density at radius 2 is 2.31 bits per heavy atom. The minimum atomic E-state index is -0.155. The summed E-state index contributed by atoms with van der Waals surface area (Å²) in [5, 5.41) is 3.34. The summed E-state index contributed by atoms with van der Waals surface area (Å²) in [6, 6.07) is 0. The van der Waals surface area contributed by atoms with Crippen molar-refractivity contribution in [3.05, 3.63) is 21.7 Å². The van der Waals surface area contributed by atoms with Crippen molar-refractivity contribution >= 4 is 17.7 Å². The zero-order valence-corrected chi connectivity index (χ0v) is 10.6. The fourth-order valence-corrected chi connectivity index (χ4v) is 3.13. The van der Waals surface area contributed by atoms with Crippen molar-refractivity contribution in [2.24, 2.45) is 0 Å². The Kier molecular flexibility index (Phi) is 3.59. The number of ether oxygens (including phenoxy) is 1. The molecule has 0 amide bonds. The quantitative estimate of drug-likeness (QED) is 0.750. The first-order valence-corrected chi connectivity index (χ1v) is 6.69. The van der Waals surface area contributed by atoms with Crippen molar-refractivity contribution in [2.75, 3.05) is 18.9 Å². The van der Waals surface area contributed by atoms with Crippen LogP contribution in [0.2, 0.25) is 0 Å². The molecule has 0 spiro atoms. The SMILES string of the molecule is CCOC(=O)C1=C2NCCSC2=C(C)CC1. The fourth-order valence-electron chi connectivity index (χ4n) is 2.04. The molecule has 0 aromatic rings. The zero-order chi connectivity index (χ0) is 11.5. The van der Waals surface area contributed by atoms with Crippen LogP contribution in [-0.4, -0.2) is 24.9 Å². The summed E-state index contributed by atoms with van der Waals surface area (Å²) in [6.07, 6.45) is 1.78. The molecule has 1 heterocycles. The Morgan fingerprint density at radius 3 is 3.06 bits per heavy atom. The van der Waals surface area contributed by atoms with E-state index in [1.807, 2.05) is 18.7 Å². The van der Waals surface area contributed by atoms with E-state index in [0.29, 0.717) is 6.61 Å². The van der Waals surface area contributed by atoms with E-state index in [-0.39, 0.29) is 5.97 Å².